The van der Waals surface area contributed by atoms with Crippen LogP contribution in [0.3, 0.4) is 0 Å². The average Bonchev–Trinajstić information content (AvgIpc) is 2.26. The van der Waals surface area contributed by atoms with Crippen LogP contribution >= 0.6 is 0 Å². The molecule has 1 N–H and O–H groups in total. The van der Waals surface area contributed by atoms with E-state index in [1.54, 1.807) is 0 Å². The number of likely N-dealkylation sites (N-methyl/N-ethyl adjacent to an activating group) is 1. The second kappa shape index (κ2) is 5.31. The lowest BCUT2D eigenvalue weighted by Gasteiger charge is -2.36. The van der Waals surface area contributed by atoms with Gasteiger partial charge in [0.2, 0.25) is 0 Å². The van der Waals surface area contributed by atoms with E-state index in [-0.39, 0.29) is 5.41 Å². The molecule has 0 aliphatic carbocycles. The van der Waals surface area contributed by atoms with Gasteiger partial charge in [-0.15, -0.1) is 0 Å². The van der Waals surface area contributed by atoms with Gasteiger partial charge in [0.05, 0.1) is 0 Å². The summed E-state index contributed by atoms with van der Waals surface area (Å²) in [4.78, 5) is 0. The van der Waals surface area contributed by atoms with Crippen molar-refractivity contribution in [2.75, 3.05) is 6.54 Å². The zero-order chi connectivity index (χ0) is 12.2. The highest BCUT2D eigenvalue weighted by molar-refractivity contribution is 5.29. The minimum Gasteiger partial charge on any atom is -0.310 e. The van der Waals surface area contributed by atoms with E-state index >= 15 is 0 Å². The molecule has 16 heavy (non-hydrogen) atoms. The van der Waals surface area contributed by atoms with E-state index in [1.807, 2.05) is 0 Å². The van der Waals surface area contributed by atoms with Crippen molar-refractivity contribution in [2.45, 2.75) is 39.2 Å². The van der Waals surface area contributed by atoms with Crippen LogP contribution in [0.4, 0.5) is 0 Å². The van der Waals surface area contributed by atoms with Gasteiger partial charge in [0, 0.05) is 11.5 Å². The summed E-state index contributed by atoms with van der Waals surface area (Å²) in [6.07, 6.45) is 0. The Hall–Kier alpha value is -1.08. The summed E-state index contributed by atoms with van der Waals surface area (Å²) < 4.78 is 0. The number of rotatable bonds is 5. The smallest absolute Gasteiger partial charge is 0.0366 e. The van der Waals surface area contributed by atoms with Crippen LogP contribution in [0.5, 0.6) is 0 Å². The maximum Gasteiger partial charge on any atom is 0.0366 e. The summed E-state index contributed by atoms with van der Waals surface area (Å²) in [6.45, 7) is 13.8. The van der Waals surface area contributed by atoms with E-state index in [0.717, 1.165) is 6.54 Å². The molecule has 1 aromatic carbocycles. The first-order valence-corrected chi connectivity index (χ1v) is 5.94. The molecule has 0 aliphatic rings. The first-order valence-electron chi connectivity index (χ1n) is 5.94. The molecule has 0 radical (unpaired) electrons. The number of hydrogen-bond donors (Lipinski definition) is 1. The second-order valence-electron chi connectivity index (χ2n) is 4.92. The predicted octanol–water partition coefficient (Wildman–Crippen LogP) is 3.52. The molecule has 1 nitrogen and oxygen atoms in total. The lowest BCUT2D eigenvalue weighted by molar-refractivity contribution is 0.386. The van der Waals surface area contributed by atoms with Gasteiger partial charge in [-0.05, 0) is 19.0 Å². The predicted molar refractivity (Wildman–Crippen MR) is 71.7 cm³/mol. The molecule has 0 saturated carbocycles. The normalized spacial score (nSPS) is 13.5. The van der Waals surface area contributed by atoms with Gasteiger partial charge in [0.25, 0.3) is 0 Å². The summed E-state index contributed by atoms with van der Waals surface area (Å²) in [6, 6.07) is 10.9. The molecule has 88 valence electrons. The van der Waals surface area contributed by atoms with Gasteiger partial charge in [-0.1, -0.05) is 63.3 Å². The first kappa shape index (κ1) is 13.0. The second-order valence-corrected chi connectivity index (χ2v) is 4.92. The van der Waals surface area contributed by atoms with Gasteiger partial charge < -0.3 is 5.32 Å². The molecule has 1 aromatic rings. The molecule has 0 heterocycles. The maximum atomic E-state index is 4.10. The standard InChI is InChI=1S/C15H23N/c1-6-16-14(12(2)3)15(4,5)13-10-8-7-9-11-13/h7-11,14,16H,2,6H2,1,3-5H3. The van der Waals surface area contributed by atoms with E-state index in [1.165, 1.54) is 11.1 Å². The molecule has 0 bridgehead atoms. The molecule has 1 rings (SSSR count). The minimum atomic E-state index is 0.0725. The van der Waals surface area contributed by atoms with Gasteiger partial charge in [0.1, 0.15) is 0 Å². The van der Waals surface area contributed by atoms with Crippen LogP contribution in [0.15, 0.2) is 42.5 Å². The van der Waals surface area contributed by atoms with Crippen molar-refractivity contribution in [3.8, 4) is 0 Å². The molecule has 0 amide bonds. The molecule has 0 aromatic heterocycles. The van der Waals surface area contributed by atoms with Crippen molar-refractivity contribution >= 4 is 0 Å². The van der Waals surface area contributed by atoms with Gasteiger partial charge in [-0.2, -0.15) is 0 Å². The van der Waals surface area contributed by atoms with Crippen LogP contribution in [0.2, 0.25) is 0 Å². The summed E-state index contributed by atoms with van der Waals surface area (Å²) in [5, 5.41) is 3.52. The lowest BCUT2D eigenvalue weighted by Crippen LogP contribution is -2.45. The van der Waals surface area contributed by atoms with E-state index < -0.39 is 0 Å². The Kier molecular flexibility index (Phi) is 4.31. The Morgan fingerprint density at radius 2 is 1.88 bits per heavy atom. The summed E-state index contributed by atoms with van der Waals surface area (Å²) >= 11 is 0. The Morgan fingerprint density at radius 1 is 1.31 bits per heavy atom. The fourth-order valence-electron chi connectivity index (χ4n) is 2.28. The summed E-state index contributed by atoms with van der Waals surface area (Å²) in [7, 11) is 0. The quantitative estimate of drug-likeness (QED) is 0.744. The van der Waals surface area contributed by atoms with Crippen molar-refractivity contribution < 1.29 is 0 Å². The van der Waals surface area contributed by atoms with Crippen LogP contribution in [-0.4, -0.2) is 12.6 Å². The molecule has 0 fully saturated rings. The van der Waals surface area contributed by atoms with E-state index in [2.05, 4.69) is 69.9 Å². The molecule has 1 heteroatoms. The zero-order valence-corrected chi connectivity index (χ0v) is 10.9. The first-order chi connectivity index (χ1) is 7.50. The van der Waals surface area contributed by atoms with E-state index in [4.69, 9.17) is 0 Å². The number of benzene rings is 1. The van der Waals surface area contributed by atoms with Gasteiger partial charge in [0.15, 0.2) is 0 Å². The van der Waals surface area contributed by atoms with E-state index in [9.17, 15) is 0 Å². The highest BCUT2D eigenvalue weighted by Crippen LogP contribution is 2.30. The Morgan fingerprint density at radius 3 is 2.31 bits per heavy atom. The highest BCUT2D eigenvalue weighted by atomic mass is 14.9. The fourth-order valence-corrected chi connectivity index (χ4v) is 2.28. The largest absolute Gasteiger partial charge is 0.310 e. The van der Waals surface area contributed by atoms with E-state index in [0.29, 0.717) is 6.04 Å². The van der Waals surface area contributed by atoms with Crippen molar-refractivity contribution in [2.24, 2.45) is 0 Å². The molecular weight excluding hydrogens is 194 g/mol. The monoisotopic (exact) mass is 217 g/mol. The van der Waals surface area contributed by atoms with Gasteiger partial charge in [-0.25, -0.2) is 0 Å². The fraction of sp³-hybridized carbons (Fsp3) is 0.467. The maximum absolute atomic E-state index is 4.10. The molecular formula is C15H23N. The molecule has 0 spiro atoms. The number of hydrogen-bond acceptors (Lipinski definition) is 1. The number of nitrogens with one attached hydrogen (secondary N) is 1. The van der Waals surface area contributed by atoms with Crippen molar-refractivity contribution in [1.29, 1.82) is 0 Å². The zero-order valence-electron chi connectivity index (χ0n) is 10.9. The molecule has 0 saturated heterocycles. The van der Waals surface area contributed by atoms with Crippen LogP contribution in [0.1, 0.15) is 33.3 Å². The van der Waals surface area contributed by atoms with Crippen LogP contribution < -0.4 is 5.32 Å². The molecule has 1 unspecified atom stereocenters. The summed E-state index contributed by atoms with van der Waals surface area (Å²) in [5.74, 6) is 0. The average molecular weight is 217 g/mol. The third-order valence-corrected chi connectivity index (χ3v) is 3.14. The summed E-state index contributed by atoms with van der Waals surface area (Å²) in [5.41, 5.74) is 2.61. The minimum absolute atomic E-state index is 0.0725. The van der Waals surface area contributed by atoms with Crippen molar-refractivity contribution in [3.05, 3.63) is 48.0 Å². The Balaban J connectivity index is 3.02. The van der Waals surface area contributed by atoms with Gasteiger partial charge >= 0.3 is 0 Å². The van der Waals surface area contributed by atoms with Gasteiger partial charge in [-0.3, -0.25) is 0 Å². The topological polar surface area (TPSA) is 12.0 Å². The molecule has 0 aliphatic heterocycles. The van der Waals surface area contributed by atoms with Crippen LogP contribution in [-0.2, 0) is 5.41 Å². The van der Waals surface area contributed by atoms with Crippen molar-refractivity contribution in [1.82, 2.24) is 5.32 Å². The lowest BCUT2D eigenvalue weighted by atomic mass is 9.75. The van der Waals surface area contributed by atoms with Crippen molar-refractivity contribution in [3.63, 3.8) is 0 Å². The third kappa shape index (κ3) is 2.73. The van der Waals surface area contributed by atoms with Crippen LogP contribution in [0.25, 0.3) is 0 Å². The van der Waals surface area contributed by atoms with Crippen LogP contribution in [0, 0.1) is 0 Å². The Bertz CT molecular complexity index is 338. The Labute approximate surface area is 99.6 Å². The SMILES string of the molecule is C=C(C)C(NCC)C(C)(C)c1ccccc1. The molecule has 1 atom stereocenters. The highest BCUT2D eigenvalue weighted by Gasteiger charge is 2.30. The third-order valence-electron chi connectivity index (χ3n) is 3.14.